The van der Waals surface area contributed by atoms with Crippen LogP contribution in [0.1, 0.15) is 10.4 Å². The summed E-state index contributed by atoms with van der Waals surface area (Å²) >= 11 is 7.15. The molecule has 6 nitrogen and oxygen atoms in total. The van der Waals surface area contributed by atoms with E-state index in [0.717, 1.165) is 0 Å². The minimum atomic E-state index is -0.382. The molecule has 2 heterocycles. The third-order valence-corrected chi connectivity index (χ3v) is 4.45. The summed E-state index contributed by atoms with van der Waals surface area (Å²) in [5.74, 6) is 0.287. The minimum Gasteiger partial charge on any atom is -0.492 e. The van der Waals surface area contributed by atoms with Crippen LogP contribution in [-0.4, -0.2) is 40.4 Å². The molecule has 1 aromatic carbocycles. The van der Waals surface area contributed by atoms with Gasteiger partial charge in [0.25, 0.3) is 11.5 Å². The van der Waals surface area contributed by atoms with E-state index in [9.17, 15) is 9.59 Å². The molecule has 124 valence electrons. The largest absolute Gasteiger partial charge is 0.492 e. The highest BCUT2D eigenvalue weighted by molar-refractivity contribution is 7.15. The van der Waals surface area contributed by atoms with Crippen LogP contribution in [0.2, 0.25) is 5.02 Å². The number of hydrogen-bond acceptors (Lipinski definition) is 5. The van der Waals surface area contributed by atoms with Gasteiger partial charge in [0.15, 0.2) is 4.96 Å². The van der Waals surface area contributed by atoms with Gasteiger partial charge in [0.1, 0.15) is 17.9 Å². The molecule has 0 radical (unpaired) electrons. The highest BCUT2D eigenvalue weighted by Gasteiger charge is 2.17. The predicted octanol–water partition coefficient (Wildman–Crippen LogP) is 2.56. The van der Waals surface area contributed by atoms with Crippen molar-refractivity contribution in [2.24, 2.45) is 0 Å². The maximum absolute atomic E-state index is 12.4. The summed E-state index contributed by atoms with van der Waals surface area (Å²) in [6, 6.07) is 6.97. The van der Waals surface area contributed by atoms with Gasteiger partial charge in [0, 0.05) is 29.8 Å². The number of fused-ring (bicyclic) bond motifs is 1. The summed E-state index contributed by atoms with van der Waals surface area (Å²) < 4.78 is 6.93. The quantitative estimate of drug-likeness (QED) is 0.699. The maximum atomic E-state index is 12.4. The van der Waals surface area contributed by atoms with Crippen LogP contribution in [0.25, 0.3) is 4.96 Å². The third-order valence-electron chi connectivity index (χ3n) is 3.43. The fourth-order valence-corrected chi connectivity index (χ4v) is 2.91. The number of carbonyl (C=O) groups is 1. The number of nitrogens with zero attached hydrogens (tertiary/aromatic N) is 3. The van der Waals surface area contributed by atoms with E-state index in [1.165, 1.54) is 26.8 Å². The van der Waals surface area contributed by atoms with Crippen LogP contribution in [0, 0.1) is 0 Å². The first-order valence-corrected chi connectivity index (χ1v) is 8.41. The lowest BCUT2D eigenvalue weighted by Crippen LogP contribution is -2.35. The van der Waals surface area contributed by atoms with Crippen molar-refractivity contribution < 1.29 is 9.53 Å². The van der Waals surface area contributed by atoms with Crippen molar-refractivity contribution in [3.8, 4) is 5.75 Å². The number of ether oxygens (including phenoxy) is 1. The molecule has 0 unspecified atom stereocenters. The number of rotatable bonds is 5. The van der Waals surface area contributed by atoms with E-state index in [1.807, 2.05) is 0 Å². The molecule has 24 heavy (non-hydrogen) atoms. The Balaban J connectivity index is 1.64. The molecule has 0 bridgehead atoms. The van der Waals surface area contributed by atoms with Crippen LogP contribution in [-0.2, 0) is 0 Å². The predicted molar refractivity (Wildman–Crippen MR) is 93.2 cm³/mol. The summed E-state index contributed by atoms with van der Waals surface area (Å²) in [7, 11) is 1.62. The third kappa shape index (κ3) is 3.42. The molecule has 3 aromatic rings. The molecule has 0 spiro atoms. The summed E-state index contributed by atoms with van der Waals surface area (Å²) in [4.78, 5) is 30.9. The molecular formula is C16H14ClN3O3S. The average molecular weight is 364 g/mol. The lowest BCUT2D eigenvalue weighted by molar-refractivity contribution is 0.0771. The molecule has 3 rings (SSSR count). The number of aromatic nitrogens is 2. The van der Waals surface area contributed by atoms with Gasteiger partial charge in [-0.3, -0.25) is 14.0 Å². The zero-order chi connectivity index (χ0) is 17.1. The first kappa shape index (κ1) is 16.5. The molecule has 0 aliphatic heterocycles. The zero-order valence-electron chi connectivity index (χ0n) is 12.8. The van der Waals surface area contributed by atoms with Crippen LogP contribution < -0.4 is 10.3 Å². The number of likely N-dealkylation sites (N-methyl/N-ethyl adjacent to an activating group) is 1. The second-order valence-corrected chi connectivity index (χ2v) is 6.37. The van der Waals surface area contributed by atoms with E-state index < -0.39 is 0 Å². The Morgan fingerprint density at radius 2 is 2.12 bits per heavy atom. The Kier molecular flexibility index (Phi) is 4.82. The minimum absolute atomic E-state index is 0.0416. The van der Waals surface area contributed by atoms with E-state index in [4.69, 9.17) is 16.3 Å². The van der Waals surface area contributed by atoms with Gasteiger partial charge in [-0.25, -0.2) is 4.98 Å². The Labute approximate surface area is 146 Å². The molecule has 0 saturated heterocycles. The Morgan fingerprint density at radius 1 is 1.38 bits per heavy atom. The summed E-state index contributed by atoms with van der Waals surface area (Å²) in [6.07, 6.45) is 2.93. The van der Waals surface area contributed by atoms with Crippen molar-refractivity contribution in [1.82, 2.24) is 14.3 Å². The molecular weight excluding hydrogens is 350 g/mol. The zero-order valence-corrected chi connectivity index (χ0v) is 14.4. The van der Waals surface area contributed by atoms with Crippen LogP contribution >= 0.6 is 22.9 Å². The van der Waals surface area contributed by atoms with E-state index >= 15 is 0 Å². The smallest absolute Gasteiger partial charge is 0.271 e. The van der Waals surface area contributed by atoms with Gasteiger partial charge in [-0.05, 0) is 24.3 Å². The molecule has 0 atom stereocenters. The number of carbonyl (C=O) groups excluding carboxylic acids is 1. The van der Waals surface area contributed by atoms with Crippen molar-refractivity contribution in [1.29, 1.82) is 0 Å². The lowest BCUT2D eigenvalue weighted by atomic mass is 10.3. The number of amides is 1. The molecule has 1 amide bonds. The molecule has 0 fully saturated rings. The van der Waals surface area contributed by atoms with E-state index in [2.05, 4.69) is 4.98 Å². The summed E-state index contributed by atoms with van der Waals surface area (Å²) in [5, 5.41) is 2.38. The second-order valence-electron chi connectivity index (χ2n) is 5.06. The highest BCUT2D eigenvalue weighted by atomic mass is 35.5. The van der Waals surface area contributed by atoms with Gasteiger partial charge in [0.2, 0.25) is 0 Å². The number of thiazole rings is 1. The molecule has 0 aliphatic rings. The fourth-order valence-electron chi connectivity index (χ4n) is 2.11. The molecule has 0 N–H and O–H groups in total. The van der Waals surface area contributed by atoms with Crippen molar-refractivity contribution in [2.45, 2.75) is 0 Å². The van der Waals surface area contributed by atoms with Crippen molar-refractivity contribution >= 4 is 33.8 Å². The van der Waals surface area contributed by atoms with Gasteiger partial charge in [-0.15, -0.1) is 11.3 Å². The van der Waals surface area contributed by atoms with Crippen LogP contribution in [0.5, 0.6) is 5.75 Å². The molecule has 2 aromatic heterocycles. The van der Waals surface area contributed by atoms with E-state index in [1.54, 1.807) is 42.9 Å². The highest BCUT2D eigenvalue weighted by Crippen LogP contribution is 2.15. The van der Waals surface area contributed by atoms with Gasteiger partial charge in [0.05, 0.1) is 6.54 Å². The Morgan fingerprint density at radius 3 is 2.88 bits per heavy atom. The van der Waals surface area contributed by atoms with Gasteiger partial charge in [-0.2, -0.15) is 0 Å². The van der Waals surface area contributed by atoms with Crippen LogP contribution in [0.4, 0.5) is 0 Å². The summed E-state index contributed by atoms with van der Waals surface area (Å²) in [5.41, 5.74) is -0.323. The standard InChI is InChI=1S/C16H14ClN3O3S/c1-19(6-8-23-12-4-2-11(17)3-5-12)14(21)13-10-18-16-20(15(13)22)7-9-24-16/h2-5,7,9-10H,6,8H2,1H3. The van der Waals surface area contributed by atoms with Crippen LogP contribution in [0.3, 0.4) is 0 Å². The molecule has 0 aliphatic carbocycles. The average Bonchev–Trinajstić information content (AvgIpc) is 3.06. The van der Waals surface area contributed by atoms with Gasteiger partial charge < -0.3 is 9.64 Å². The van der Waals surface area contributed by atoms with Gasteiger partial charge in [-0.1, -0.05) is 11.6 Å². The maximum Gasteiger partial charge on any atom is 0.271 e. The van der Waals surface area contributed by atoms with E-state index in [0.29, 0.717) is 28.9 Å². The Hall–Kier alpha value is -2.38. The molecule has 0 saturated carbocycles. The summed E-state index contributed by atoms with van der Waals surface area (Å²) in [6.45, 7) is 0.645. The first-order valence-electron chi connectivity index (χ1n) is 7.15. The monoisotopic (exact) mass is 363 g/mol. The number of hydrogen-bond donors (Lipinski definition) is 0. The normalized spacial score (nSPS) is 10.8. The van der Waals surface area contributed by atoms with Crippen molar-refractivity contribution in [3.05, 3.63) is 63.0 Å². The SMILES string of the molecule is CN(CCOc1ccc(Cl)cc1)C(=O)c1cnc2sccn2c1=O. The topological polar surface area (TPSA) is 63.9 Å². The molecule has 8 heteroatoms. The number of benzene rings is 1. The second kappa shape index (κ2) is 7.02. The van der Waals surface area contributed by atoms with Crippen molar-refractivity contribution in [2.75, 3.05) is 20.2 Å². The first-order chi connectivity index (χ1) is 11.6. The van der Waals surface area contributed by atoms with Gasteiger partial charge >= 0.3 is 0 Å². The van der Waals surface area contributed by atoms with E-state index in [-0.39, 0.29) is 17.0 Å². The van der Waals surface area contributed by atoms with Crippen molar-refractivity contribution in [3.63, 3.8) is 0 Å². The van der Waals surface area contributed by atoms with Crippen LogP contribution in [0.15, 0.2) is 46.8 Å². The number of halogens is 1. The lowest BCUT2D eigenvalue weighted by Gasteiger charge is -2.17. The fraction of sp³-hybridized carbons (Fsp3) is 0.188. The Bertz CT molecular complexity index is 920.